The highest BCUT2D eigenvalue weighted by Crippen LogP contribution is 2.23. The molecule has 6 nitrogen and oxygen atoms in total. The Bertz CT molecular complexity index is 1420. The van der Waals surface area contributed by atoms with Crippen LogP contribution in [-0.4, -0.2) is 21.4 Å². The van der Waals surface area contributed by atoms with Gasteiger partial charge in [-0.05, 0) is 30.7 Å². The number of para-hydroxylation sites is 1. The van der Waals surface area contributed by atoms with E-state index in [0.717, 1.165) is 11.1 Å². The lowest BCUT2D eigenvalue weighted by Gasteiger charge is -2.22. The summed E-state index contributed by atoms with van der Waals surface area (Å²) in [4.78, 5) is 36.0. The SMILES string of the molecule is CC1=N/C(=C/c2ccccc2)C(=O)N1n1c(-c2ccccc2)nc2ccccc2c1=O. The van der Waals surface area contributed by atoms with Crippen molar-refractivity contribution in [3.05, 3.63) is 107 Å². The third kappa shape index (κ3) is 3.24. The molecule has 0 aliphatic carbocycles. The van der Waals surface area contributed by atoms with Gasteiger partial charge in [0.1, 0.15) is 11.5 Å². The van der Waals surface area contributed by atoms with Crippen molar-refractivity contribution in [1.29, 1.82) is 0 Å². The molecule has 0 saturated carbocycles. The van der Waals surface area contributed by atoms with Gasteiger partial charge in [0.15, 0.2) is 5.82 Å². The second-order valence-corrected chi connectivity index (χ2v) is 7.15. The summed E-state index contributed by atoms with van der Waals surface area (Å²) in [5.74, 6) is 0.411. The van der Waals surface area contributed by atoms with Crippen molar-refractivity contribution in [2.24, 2.45) is 4.99 Å². The quantitative estimate of drug-likeness (QED) is 0.483. The van der Waals surface area contributed by atoms with Crippen molar-refractivity contribution >= 4 is 28.7 Å². The van der Waals surface area contributed by atoms with E-state index in [1.54, 1.807) is 31.2 Å². The number of amides is 1. The van der Waals surface area contributed by atoms with Crippen molar-refractivity contribution < 1.29 is 4.79 Å². The van der Waals surface area contributed by atoms with E-state index in [9.17, 15) is 9.59 Å². The van der Waals surface area contributed by atoms with E-state index < -0.39 is 0 Å². The maximum atomic E-state index is 13.5. The number of hydrogen-bond donors (Lipinski definition) is 0. The lowest BCUT2D eigenvalue weighted by atomic mass is 10.2. The van der Waals surface area contributed by atoms with Crippen LogP contribution in [0.2, 0.25) is 0 Å². The number of carbonyl (C=O) groups is 1. The average Bonchev–Trinajstić information content (AvgIpc) is 3.08. The van der Waals surface area contributed by atoms with E-state index >= 15 is 0 Å². The van der Waals surface area contributed by atoms with Crippen molar-refractivity contribution in [3.63, 3.8) is 0 Å². The molecule has 0 spiro atoms. The van der Waals surface area contributed by atoms with Crippen LogP contribution in [0.3, 0.4) is 0 Å². The second kappa shape index (κ2) is 7.50. The molecule has 0 fully saturated rings. The fraction of sp³-hybridized carbons (Fsp3) is 0.0400. The molecule has 0 radical (unpaired) electrons. The van der Waals surface area contributed by atoms with Crippen molar-refractivity contribution in [2.75, 3.05) is 5.01 Å². The summed E-state index contributed by atoms with van der Waals surface area (Å²) < 4.78 is 1.32. The number of nitrogens with zero attached hydrogens (tertiary/aromatic N) is 4. The Morgan fingerprint density at radius 3 is 2.19 bits per heavy atom. The number of aromatic nitrogens is 2. The third-order valence-electron chi connectivity index (χ3n) is 5.09. The minimum absolute atomic E-state index is 0.266. The smallest absolute Gasteiger partial charge is 0.267 e. The maximum absolute atomic E-state index is 13.5. The zero-order valence-electron chi connectivity index (χ0n) is 16.8. The van der Waals surface area contributed by atoms with Gasteiger partial charge < -0.3 is 0 Å². The summed E-state index contributed by atoms with van der Waals surface area (Å²) in [5, 5.41) is 1.74. The molecular weight excluding hydrogens is 388 g/mol. The number of carbonyl (C=O) groups excluding carboxylic acids is 1. The number of benzene rings is 3. The monoisotopic (exact) mass is 406 g/mol. The lowest BCUT2D eigenvalue weighted by Crippen LogP contribution is -2.47. The molecule has 6 heteroatoms. The van der Waals surface area contributed by atoms with Crippen LogP contribution < -0.4 is 10.6 Å². The minimum atomic E-state index is -0.377. The predicted octanol–water partition coefficient (Wildman–Crippen LogP) is 4.00. The number of rotatable bonds is 3. The van der Waals surface area contributed by atoms with Crippen LogP contribution in [0.25, 0.3) is 28.4 Å². The van der Waals surface area contributed by atoms with E-state index in [-0.39, 0.29) is 17.2 Å². The molecule has 0 N–H and O–H groups in total. The summed E-state index contributed by atoms with van der Waals surface area (Å²) in [6.07, 6.45) is 1.72. The fourth-order valence-electron chi connectivity index (χ4n) is 3.64. The zero-order valence-corrected chi connectivity index (χ0v) is 16.8. The van der Waals surface area contributed by atoms with Gasteiger partial charge in [0.05, 0.1) is 10.9 Å². The topological polar surface area (TPSA) is 67.6 Å². The van der Waals surface area contributed by atoms with Gasteiger partial charge in [-0.3, -0.25) is 9.59 Å². The van der Waals surface area contributed by atoms with Crippen LogP contribution in [0.5, 0.6) is 0 Å². The van der Waals surface area contributed by atoms with Gasteiger partial charge >= 0.3 is 0 Å². The van der Waals surface area contributed by atoms with Crippen LogP contribution >= 0.6 is 0 Å². The number of hydrogen-bond acceptors (Lipinski definition) is 4. The molecule has 1 aliphatic heterocycles. The molecule has 4 aromatic rings. The summed E-state index contributed by atoms with van der Waals surface area (Å²) in [6, 6.07) is 26.0. The van der Waals surface area contributed by atoms with Gasteiger partial charge in [0.2, 0.25) is 0 Å². The summed E-state index contributed by atoms with van der Waals surface area (Å²) >= 11 is 0. The Kier molecular flexibility index (Phi) is 4.52. The molecule has 0 saturated heterocycles. The first-order valence-electron chi connectivity index (χ1n) is 9.87. The van der Waals surface area contributed by atoms with Gasteiger partial charge in [0.25, 0.3) is 11.5 Å². The summed E-state index contributed by atoms with van der Waals surface area (Å²) in [7, 11) is 0. The van der Waals surface area contributed by atoms with E-state index in [0.29, 0.717) is 22.6 Å². The van der Waals surface area contributed by atoms with Gasteiger partial charge in [-0.2, -0.15) is 9.69 Å². The van der Waals surface area contributed by atoms with E-state index in [1.807, 2.05) is 66.7 Å². The Morgan fingerprint density at radius 2 is 1.45 bits per heavy atom. The van der Waals surface area contributed by atoms with Gasteiger partial charge in [-0.25, -0.2) is 9.98 Å². The predicted molar refractivity (Wildman–Crippen MR) is 122 cm³/mol. The Balaban J connectivity index is 1.72. The number of amidine groups is 1. The van der Waals surface area contributed by atoms with E-state index in [2.05, 4.69) is 4.99 Å². The van der Waals surface area contributed by atoms with Gasteiger partial charge in [-0.15, -0.1) is 0 Å². The van der Waals surface area contributed by atoms with Crippen molar-refractivity contribution in [1.82, 2.24) is 9.66 Å². The largest absolute Gasteiger partial charge is 0.297 e. The highest BCUT2D eigenvalue weighted by atomic mass is 16.2. The normalized spacial score (nSPS) is 15.0. The average molecular weight is 406 g/mol. The first-order chi connectivity index (χ1) is 15.1. The van der Waals surface area contributed by atoms with E-state index in [1.165, 1.54) is 9.69 Å². The van der Waals surface area contributed by atoms with Crippen LogP contribution in [0.15, 0.2) is 100 Å². The molecule has 1 aromatic heterocycles. The van der Waals surface area contributed by atoms with Crippen molar-refractivity contribution in [3.8, 4) is 11.4 Å². The summed E-state index contributed by atoms with van der Waals surface area (Å²) in [5.41, 5.74) is 2.10. The Labute approximate surface area is 178 Å². The Morgan fingerprint density at radius 1 is 0.806 bits per heavy atom. The van der Waals surface area contributed by atoms with Gasteiger partial charge in [0, 0.05) is 5.56 Å². The fourth-order valence-corrected chi connectivity index (χ4v) is 3.64. The highest BCUT2D eigenvalue weighted by Gasteiger charge is 2.32. The molecular formula is C25H18N4O2. The molecule has 1 aliphatic rings. The van der Waals surface area contributed by atoms with Crippen LogP contribution in [0.4, 0.5) is 0 Å². The standard InChI is InChI=1S/C25H18N4O2/c1-17-26-22(16-18-10-4-2-5-11-18)25(31)28(17)29-23(19-12-6-3-7-13-19)27-21-15-9-8-14-20(21)24(29)30/h2-16H,1H3/b22-16+. The molecule has 0 unspecified atom stereocenters. The van der Waals surface area contributed by atoms with Crippen LogP contribution in [-0.2, 0) is 4.79 Å². The lowest BCUT2D eigenvalue weighted by molar-refractivity contribution is -0.115. The first-order valence-corrected chi connectivity index (χ1v) is 9.87. The summed E-state index contributed by atoms with van der Waals surface area (Å²) in [6.45, 7) is 1.71. The molecule has 31 heavy (non-hydrogen) atoms. The molecule has 2 heterocycles. The van der Waals surface area contributed by atoms with Gasteiger partial charge in [-0.1, -0.05) is 72.8 Å². The number of aliphatic imine (C=N–C) groups is 1. The maximum Gasteiger partial charge on any atom is 0.297 e. The molecule has 150 valence electrons. The minimum Gasteiger partial charge on any atom is -0.267 e. The Hall–Kier alpha value is -4.32. The second-order valence-electron chi connectivity index (χ2n) is 7.15. The molecule has 1 amide bonds. The van der Waals surface area contributed by atoms with Crippen molar-refractivity contribution in [2.45, 2.75) is 6.92 Å². The van der Waals surface area contributed by atoms with Crippen LogP contribution in [0.1, 0.15) is 12.5 Å². The van der Waals surface area contributed by atoms with E-state index in [4.69, 9.17) is 4.98 Å². The zero-order chi connectivity index (χ0) is 21.4. The molecule has 0 atom stereocenters. The molecule has 3 aromatic carbocycles. The number of fused-ring (bicyclic) bond motifs is 1. The highest BCUT2D eigenvalue weighted by molar-refractivity contribution is 6.23. The molecule has 0 bridgehead atoms. The first kappa shape index (κ1) is 18.7. The third-order valence-corrected chi connectivity index (χ3v) is 5.09. The van der Waals surface area contributed by atoms with Crippen LogP contribution in [0, 0.1) is 0 Å². The molecule has 5 rings (SSSR count).